The average Bonchev–Trinajstić information content (AvgIpc) is 2.94. The standard InChI is InChI=1S/C15H11F3N4O/c16-15(17,18)9-1-7-4-21-6-12(7)10(3-9)8-2-11(14(20)23)13(19)22-5-8/h1-3,5-6H,4H2,(H2,19,22)(H2,20,23). The van der Waals surface area contributed by atoms with Crippen LogP contribution in [0.2, 0.25) is 0 Å². The van der Waals surface area contributed by atoms with Crippen LogP contribution in [-0.4, -0.2) is 17.1 Å². The second kappa shape index (κ2) is 5.08. The van der Waals surface area contributed by atoms with Crippen molar-refractivity contribution in [3.63, 3.8) is 0 Å². The smallest absolute Gasteiger partial charge is 0.383 e. The van der Waals surface area contributed by atoms with E-state index in [1.807, 2.05) is 0 Å². The van der Waals surface area contributed by atoms with Gasteiger partial charge in [0.15, 0.2) is 0 Å². The summed E-state index contributed by atoms with van der Waals surface area (Å²) in [4.78, 5) is 19.2. The Morgan fingerprint density at radius 1 is 1.22 bits per heavy atom. The summed E-state index contributed by atoms with van der Waals surface area (Å²) in [5.41, 5.74) is 11.6. The van der Waals surface area contributed by atoms with Crippen molar-refractivity contribution in [3.05, 3.63) is 46.6 Å². The van der Waals surface area contributed by atoms with E-state index in [9.17, 15) is 18.0 Å². The van der Waals surface area contributed by atoms with Crippen LogP contribution in [0, 0.1) is 0 Å². The summed E-state index contributed by atoms with van der Waals surface area (Å²) in [7, 11) is 0. The first-order valence-electron chi connectivity index (χ1n) is 6.57. The molecule has 23 heavy (non-hydrogen) atoms. The van der Waals surface area contributed by atoms with E-state index in [0.29, 0.717) is 16.7 Å². The highest BCUT2D eigenvalue weighted by atomic mass is 19.4. The molecule has 0 fully saturated rings. The number of aliphatic imine (C=N–C) groups is 1. The van der Waals surface area contributed by atoms with E-state index in [1.165, 1.54) is 18.5 Å². The molecule has 2 aromatic rings. The van der Waals surface area contributed by atoms with Crippen LogP contribution < -0.4 is 11.5 Å². The van der Waals surface area contributed by atoms with Gasteiger partial charge in [-0.25, -0.2) is 4.98 Å². The molecule has 2 heterocycles. The summed E-state index contributed by atoms with van der Waals surface area (Å²) in [6, 6.07) is 3.42. The summed E-state index contributed by atoms with van der Waals surface area (Å²) in [5, 5.41) is 0. The van der Waals surface area contributed by atoms with Crippen LogP contribution in [0.5, 0.6) is 0 Å². The van der Waals surface area contributed by atoms with E-state index in [4.69, 9.17) is 11.5 Å². The van der Waals surface area contributed by atoms with Crippen LogP contribution in [-0.2, 0) is 12.7 Å². The lowest BCUT2D eigenvalue weighted by atomic mass is 9.94. The fourth-order valence-corrected chi connectivity index (χ4v) is 2.45. The number of primary amides is 1. The first-order chi connectivity index (χ1) is 10.8. The minimum Gasteiger partial charge on any atom is -0.383 e. The fourth-order valence-electron chi connectivity index (χ4n) is 2.45. The number of aromatic nitrogens is 1. The third kappa shape index (κ3) is 2.63. The molecule has 8 heteroatoms. The van der Waals surface area contributed by atoms with Crippen molar-refractivity contribution in [2.75, 3.05) is 5.73 Å². The second-order valence-electron chi connectivity index (χ2n) is 5.09. The molecule has 0 bridgehead atoms. The van der Waals surface area contributed by atoms with Gasteiger partial charge < -0.3 is 11.5 Å². The van der Waals surface area contributed by atoms with Crippen molar-refractivity contribution in [3.8, 4) is 11.1 Å². The van der Waals surface area contributed by atoms with Gasteiger partial charge in [-0.3, -0.25) is 9.79 Å². The number of hydrogen-bond acceptors (Lipinski definition) is 4. The summed E-state index contributed by atoms with van der Waals surface area (Å²) in [6.07, 6.45) is -1.67. The lowest BCUT2D eigenvalue weighted by Gasteiger charge is -2.14. The molecule has 0 saturated heterocycles. The minimum absolute atomic E-state index is 0.0383. The Morgan fingerprint density at radius 2 is 1.96 bits per heavy atom. The van der Waals surface area contributed by atoms with Gasteiger partial charge in [0.25, 0.3) is 5.91 Å². The number of amides is 1. The largest absolute Gasteiger partial charge is 0.416 e. The summed E-state index contributed by atoms with van der Waals surface area (Å²) in [5.74, 6) is -0.868. The van der Waals surface area contributed by atoms with E-state index in [1.54, 1.807) is 0 Å². The molecule has 0 spiro atoms. The van der Waals surface area contributed by atoms with Crippen LogP contribution in [0.25, 0.3) is 11.1 Å². The lowest BCUT2D eigenvalue weighted by Crippen LogP contribution is -2.14. The topological polar surface area (TPSA) is 94.4 Å². The maximum absolute atomic E-state index is 13.1. The molecule has 0 atom stereocenters. The summed E-state index contributed by atoms with van der Waals surface area (Å²) in [6.45, 7) is 0.178. The molecular formula is C15H11F3N4O. The summed E-state index contributed by atoms with van der Waals surface area (Å²) < 4.78 is 39.2. The van der Waals surface area contributed by atoms with Crippen LogP contribution in [0.3, 0.4) is 0 Å². The zero-order valence-corrected chi connectivity index (χ0v) is 11.7. The van der Waals surface area contributed by atoms with Crippen molar-refractivity contribution in [1.29, 1.82) is 0 Å². The fraction of sp³-hybridized carbons (Fsp3) is 0.133. The second-order valence-corrected chi connectivity index (χ2v) is 5.09. The lowest BCUT2D eigenvalue weighted by molar-refractivity contribution is -0.137. The number of nitrogen functional groups attached to an aromatic ring is 1. The first-order valence-corrected chi connectivity index (χ1v) is 6.57. The van der Waals surface area contributed by atoms with Gasteiger partial charge in [-0.05, 0) is 29.3 Å². The third-order valence-corrected chi connectivity index (χ3v) is 3.57. The number of pyridine rings is 1. The van der Waals surface area contributed by atoms with Crippen molar-refractivity contribution >= 4 is 17.9 Å². The molecule has 1 aliphatic heterocycles. The highest BCUT2D eigenvalue weighted by Crippen LogP contribution is 2.37. The predicted octanol–water partition coefficient (Wildman–Crippen LogP) is 2.38. The molecule has 0 aliphatic carbocycles. The highest BCUT2D eigenvalue weighted by Gasteiger charge is 2.32. The molecule has 3 rings (SSSR count). The molecule has 4 N–H and O–H groups in total. The minimum atomic E-state index is -4.49. The molecular weight excluding hydrogens is 309 g/mol. The van der Waals surface area contributed by atoms with Gasteiger partial charge >= 0.3 is 6.18 Å². The number of alkyl halides is 3. The van der Waals surface area contributed by atoms with Crippen LogP contribution in [0.1, 0.15) is 27.0 Å². The number of carbonyl (C=O) groups is 1. The van der Waals surface area contributed by atoms with E-state index in [2.05, 4.69) is 9.98 Å². The van der Waals surface area contributed by atoms with Crippen molar-refractivity contribution in [2.45, 2.75) is 12.7 Å². The number of nitrogens with zero attached hydrogens (tertiary/aromatic N) is 2. The molecule has 1 aromatic carbocycles. The Balaban J connectivity index is 2.24. The molecule has 0 unspecified atom stereocenters. The van der Waals surface area contributed by atoms with Crippen molar-refractivity contribution < 1.29 is 18.0 Å². The molecule has 1 aliphatic rings. The molecule has 1 aromatic heterocycles. The number of rotatable bonds is 2. The normalized spacial score (nSPS) is 13.2. The maximum atomic E-state index is 13.1. The van der Waals surface area contributed by atoms with Gasteiger partial charge in [0.05, 0.1) is 17.7 Å². The van der Waals surface area contributed by atoms with Gasteiger partial charge in [-0.2, -0.15) is 13.2 Å². The van der Waals surface area contributed by atoms with E-state index in [0.717, 1.165) is 12.1 Å². The molecule has 0 radical (unpaired) electrons. The highest BCUT2D eigenvalue weighted by molar-refractivity contribution is 6.00. The molecule has 5 nitrogen and oxygen atoms in total. The quantitative estimate of drug-likeness (QED) is 0.889. The Morgan fingerprint density at radius 3 is 2.61 bits per heavy atom. The Labute approximate surface area is 128 Å². The maximum Gasteiger partial charge on any atom is 0.416 e. The van der Waals surface area contributed by atoms with Gasteiger partial charge in [0.1, 0.15) is 5.82 Å². The van der Waals surface area contributed by atoms with E-state index in [-0.39, 0.29) is 23.5 Å². The number of anilines is 1. The van der Waals surface area contributed by atoms with Crippen molar-refractivity contribution in [2.24, 2.45) is 10.7 Å². The average molecular weight is 320 g/mol. The van der Waals surface area contributed by atoms with Gasteiger partial charge in [0, 0.05) is 23.5 Å². The molecule has 1 amide bonds. The zero-order valence-electron chi connectivity index (χ0n) is 11.7. The van der Waals surface area contributed by atoms with E-state index < -0.39 is 17.6 Å². The monoisotopic (exact) mass is 320 g/mol. The Hall–Kier alpha value is -2.90. The van der Waals surface area contributed by atoms with Crippen molar-refractivity contribution in [1.82, 2.24) is 4.98 Å². The van der Waals surface area contributed by atoms with Gasteiger partial charge in [0.2, 0.25) is 0 Å². The SMILES string of the molecule is NC(=O)c1cc(-c2cc(C(F)(F)F)cc3c2C=NC3)cnc1N. The zero-order chi connectivity index (χ0) is 16.8. The van der Waals surface area contributed by atoms with Gasteiger partial charge in [-0.1, -0.05) is 0 Å². The summed E-state index contributed by atoms with van der Waals surface area (Å²) >= 11 is 0. The molecule has 0 saturated carbocycles. The van der Waals surface area contributed by atoms with Crippen LogP contribution >= 0.6 is 0 Å². The number of nitrogens with two attached hydrogens (primary N) is 2. The van der Waals surface area contributed by atoms with Crippen LogP contribution in [0.4, 0.5) is 19.0 Å². The number of carbonyl (C=O) groups excluding carboxylic acids is 1. The Kier molecular flexibility index (Phi) is 3.32. The van der Waals surface area contributed by atoms with Crippen LogP contribution in [0.15, 0.2) is 29.4 Å². The number of fused-ring (bicyclic) bond motifs is 1. The first kappa shape index (κ1) is 15.0. The number of benzene rings is 1. The number of hydrogen-bond donors (Lipinski definition) is 2. The number of halogens is 3. The molecule has 118 valence electrons. The third-order valence-electron chi connectivity index (χ3n) is 3.57. The van der Waals surface area contributed by atoms with Gasteiger partial charge in [-0.15, -0.1) is 0 Å². The Bertz CT molecular complexity index is 843. The predicted molar refractivity (Wildman–Crippen MR) is 78.9 cm³/mol. The van der Waals surface area contributed by atoms with E-state index >= 15 is 0 Å².